The molecule has 0 spiro atoms. The lowest BCUT2D eigenvalue weighted by Crippen LogP contribution is -2.09. The largest absolute Gasteiger partial charge is 0.486 e. The van der Waals surface area contributed by atoms with Crippen LogP contribution < -0.4 is 4.74 Å². The first-order valence-electron chi connectivity index (χ1n) is 8.04. The van der Waals surface area contributed by atoms with Crippen molar-refractivity contribution in [3.8, 4) is 5.75 Å². The minimum Gasteiger partial charge on any atom is -0.486 e. The van der Waals surface area contributed by atoms with Crippen molar-refractivity contribution in [1.29, 1.82) is 0 Å². The monoisotopic (exact) mass is 339 g/mol. The highest BCUT2D eigenvalue weighted by molar-refractivity contribution is 7.99. The predicted octanol–water partition coefficient (Wildman–Crippen LogP) is 4.33. The van der Waals surface area contributed by atoms with Crippen LogP contribution >= 0.6 is 11.8 Å². The van der Waals surface area contributed by atoms with Gasteiger partial charge in [0, 0.05) is 0 Å². The van der Waals surface area contributed by atoms with Crippen molar-refractivity contribution in [1.82, 2.24) is 14.8 Å². The Morgan fingerprint density at radius 2 is 1.88 bits per heavy atom. The van der Waals surface area contributed by atoms with E-state index in [0.29, 0.717) is 6.61 Å². The van der Waals surface area contributed by atoms with E-state index in [0.717, 1.165) is 29.0 Å². The molecule has 0 bridgehead atoms. The van der Waals surface area contributed by atoms with Crippen LogP contribution in [0.1, 0.15) is 23.9 Å². The van der Waals surface area contributed by atoms with Gasteiger partial charge >= 0.3 is 0 Å². The predicted molar refractivity (Wildman–Crippen MR) is 97.5 cm³/mol. The van der Waals surface area contributed by atoms with E-state index in [1.54, 1.807) is 11.8 Å². The molecule has 0 aliphatic carbocycles. The number of rotatable bonds is 7. The Hall–Kier alpha value is -2.27. The first-order chi connectivity index (χ1) is 11.8. The lowest BCUT2D eigenvalue weighted by Gasteiger charge is -2.11. The lowest BCUT2D eigenvalue weighted by atomic mass is 10.2. The van der Waals surface area contributed by atoms with E-state index in [-0.39, 0.29) is 0 Å². The highest BCUT2D eigenvalue weighted by atomic mass is 32.2. The van der Waals surface area contributed by atoms with Crippen molar-refractivity contribution in [3.05, 3.63) is 71.5 Å². The summed E-state index contributed by atoms with van der Waals surface area (Å²) in [5.41, 5.74) is 2.41. The molecular formula is C19H21N3OS. The quantitative estimate of drug-likeness (QED) is 0.601. The Bertz CT molecular complexity index is 786. The third kappa shape index (κ3) is 4.17. The second-order valence-electron chi connectivity index (χ2n) is 5.51. The van der Waals surface area contributed by atoms with Crippen molar-refractivity contribution < 1.29 is 4.74 Å². The number of hydrogen-bond acceptors (Lipinski definition) is 4. The van der Waals surface area contributed by atoms with Crippen LogP contribution in [0.15, 0.2) is 59.8 Å². The standard InChI is InChI=1S/C19H21N3OS/c1-3-24-19-21-20-18(14-23-17-11-7-8-15(2)12-17)22(19)13-16-9-5-4-6-10-16/h4-12H,3,13-14H2,1-2H3. The third-order valence-corrected chi connectivity index (χ3v) is 4.46. The fourth-order valence-corrected chi connectivity index (χ4v) is 3.12. The van der Waals surface area contributed by atoms with Crippen LogP contribution in [0, 0.1) is 6.92 Å². The van der Waals surface area contributed by atoms with Gasteiger partial charge in [-0.1, -0.05) is 61.2 Å². The van der Waals surface area contributed by atoms with Crippen molar-refractivity contribution in [3.63, 3.8) is 0 Å². The van der Waals surface area contributed by atoms with Crippen molar-refractivity contribution in [2.75, 3.05) is 5.75 Å². The van der Waals surface area contributed by atoms with Gasteiger partial charge in [0.25, 0.3) is 0 Å². The maximum atomic E-state index is 5.91. The summed E-state index contributed by atoms with van der Waals surface area (Å²) in [6.45, 7) is 5.34. The molecular weight excluding hydrogens is 318 g/mol. The van der Waals surface area contributed by atoms with Gasteiger partial charge in [-0.2, -0.15) is 0 Å². The van der Waals surface area contributed by atoms with Crippen LogP contribution in [0.5, 0.6) is 5.75 Å². The molecule has 1 aromatic heterocycles. The number of benzene rings is 2. The Morgan fingerprint density at radius 1 is 1.04 bits per heavy atom. The second kappa shape index (κ2) is 8.02. The maximum Gasteiger partial charge on any atom is 0.191 e. The number of thioether (sulfide) groups is 1. The van der Waals surface area contributed by atoms with Crippen molar-refractivity contribution in [2.24, 2.45) is 0 Å². The molecule has 124 valence electrons. The summed E-state index contributed by atoms with van der Waals surface area (Å²) in [4.78, 5) is 0. The molecule has 2 aromatic carbocycles. The van der Waals surface area contributed by atoms with E-state index >= 15 is 0 Å². The normalized spacial score (nSPS) is 10.8. The van der Waals surface area contributed by atoms with Gasteiger partial charge in [0.05, 0.1) is 6.54 Å². The molecule has 3 rings (SSSR count). The van der Waals surface area contributed by atoms with Gasteiger partial charge in [-0.25, -0.2) is 0 Å². The SMILES string of the molecule is CCSc1nnc(COc2cccc(C)c2)n1Cc1ccccc1. The summed E-state index contributed by atoms with van der Waals surface area (Å²) in [6.07, 6.45) is 0. The smallest absolute Gasteiger partial charge is 0.191 e. The van der Waals surface area contributed by atoms with Crippen LogP contribution in [-0.2, 0) is 13.2 Å². The topological polar surface area (TPSA) is 39.9 Å². The van der Waals surface area contributed by atoms with E-state index in [1.807, 2.05) is 24.3 Å². The van der Waals surface area contributed by atoms with Crippen LogP contribution in [0.4, 0.5) is 0 Å². The zero-order valence-corrected chi connectivity index (χ0v) is 14.8. The second-order valence-corrected chi connectivity index (χ2v) is 6.74. The molecule has 4 nitrogen and oxygen atoms in total. The average molecular weight is 339 g/mol. The molecule has 0 aliphatic rings. The van der Waals surface area contributed by atoms with Crippen molar-refractivity contribution in [2.45, 2.75) is 32.2 Å². The molecule has 0 radical (unpaired) electrons. The zero-order valence-electron chi connectivity index (χ0n) is 14.0. The molecule has 0 saturated heterocycles. The first-order valence-corrected chi connectivity index (χ1v) is 9.03. The summed E-state index contributed by atoms with van der Waals surface area (Å²) in [6, 6.07) is 18.4. The molecule has 0 aliphatic heterocycles. The number of nitrogens with zero attached hydrogens (tertiary/aromatic N) is 3. The summed E-state index contributed by atoms with van der Waals surface area (Å²) in [5, 5.41) is 9.60. The number of aromatic nitrogens is 3. The first kappa shape index (κ1) is 16.6. The van der Waals surface area contributed by atoms with E-state index in [4.69, 9.17) is 4.74 Å². The van der Waals surface area contributed by atoms with Crippen LogP contribution in [0.25, 0.3) is 0 Å². The minimum atomic E-state index is 0.410. The molecule has 0 atom stereocenters. The Balaban J connectivity index is 1.79. The summed E-state index contributed by atoms with van der Waals surface area (Å²) in [5.74, 6) is 2.66. The third-order valence-electron chi connectivity index (χ3n) is 3.61. The molecule has 0 N–H and O–H groups in total. The molecule has 0 saturated carbocycles. The molecule has 0 fully saturated rings. The maximum absolute atomic E-state index is 5.91. The Kier molecular flexibility index (Phi) is 5.54. The van der Waals surface area contributed by atoms with Gasteiger partial charge in [-0.05, 0) is 35.9 Å². The van der Waals surface area contributed by atoms with E-state index in [2.05, 4.69) is 58.9 Å². The molecule has 5 heteroatoms. The Morgan fingerprint density at radius 3 is 2.62 bits per heavy atom. The fourth-order valence-electron chi connectivity index (χ4n) is 2.44. The highest BCUT2D eigenvalue weighted by Crippen LogP contribution is 2.20. The summed E-state index contributed by atoms with van der Waals surface area (Å²) < 4.78 is 8.05. The number of ether oxygens (including phenoxy) is 1. The highest BCUT2D eigenvalue weighted by Gasteiger charge is 2.13. The average Bonchev–Trinajstić information content (AvgIpc) is 2.96. The van der Waals surface area contributed by atoms with Gasteiger partial charge in [0.2, 0.25) is 0 Å². The van der Waals surface area contributed by atoms with Crippen LogP contribution in [0.2, 0.25) is 0 Å². The van der Waals surface area contributed by atoms with E-state index in [9.17, 15) is 0 Å². The summed E-state index contributed by atoms with van der Waals surface area (Å²) >= 11 is 1.70. The fraction of sp³-hybridized carbons (Fsp3) is 0.263. The molecule has 1 heterocycles. The zero-order chi connectivity index (χ0) is 16.8. The van der Waals surface area contributed by atoms with Gasteiger partial charge < -0.3 is 4.74 Å². The molecule has 0 unspecified atom stereocenters. The number of hydrogen-bond donors (Lipinski definition) is 0. The lowest BCUT2D eigenvalue weighted by molar-refractivity contribution is 0.288. The van der Waals surface area contributed by atoms with Crippen LogP contribution in [-0.4, -0.2) is 20.5 Å². The Labute approximate surface area is 146 Å². The molecule has 24 heavy (non-hydrogen) atoms. The van der Waals surface area contributed by atoms with Gasteiger partial charge in [-0.3, -0.25) is 4.57 Å². The molecule has 0 amide bonds. The van der Waals surface area contributed by atoms with Gasteiger partial charge in [-0.15, -0.1) is 10.2 Å². The molecule has 3 aromatic rings. The van der Waals surface area contributed by atoms with Crippen LogP contribution in [0.3, 0.4) is 0 Å². The van der Waals surface area contributed by atoms with E-state index in [1.165, 1.54) is 11.1 Å². The van der Waals surface area contributed by atoms with Gasteiger partial charge in [0.15, 0.2) is 11.0 Å². The van der Waals surface area contributed by atoms with E-state index < -0.39 is 0 Å². The number of aryl methyl sites for hydroxylation is 1. The van der Waals surface area contributed by atoms with Crippen molar-refractivity contribution >= 4 is 11.8 Å². The van der Waals surface area contributed by atoms with Gasteiger partial charge in [0.1, 0.15) is 12.4 Å². The summed E-state index contributed by atoms with van der Waals surface area (Å²) in [7, 11) is 0. The minimum absolute atomic E-state index is 0.410.